The molecule has 1 aromatic carbocycles. The maximum absolute atomic E-state index is 13.5. The Hall–Kier alpha value is -2.32. The first-order valence-electron chi connectivity index (χ1n) is 11.4. The molecule has 32 heavy (non-hydrogen) atoms. The number of piperidine rings is 1. The number of nitrogens with zero attached hydrogens (tertiary/aromatic N) is 1. The molecular weight excluding hydrogens is 412 g/mol. The minimum absolute atomic E-state index is 0.0316. The summed E-state index contributed by atoms with van der Waals surface area (Å²) in [6.45, 7) is 7.97. The Morgan fingerprint density at radius 2 is 1.94 bits per heavy atom. The van der Waals surface area contributed by atoms with E-state index >= 15 is 0 Å². The van der Waals surface area contributed by atoms with Gasteiger partial charge in [0, 0.05) is 50.4 Å². The van der Waals surface area contributed by atoms with Gasteiger partial charge in [-0.2, -0.15) is 0 Å². The topological polar surface area (TPSA) is 86.3 Å². The zero-order valence-electron chi connectivity index (χ0n) is 20.0. The first kappa shape index (κ1) is 25.9. The van der Waals surface area contributed by atoms with E-state index in [0.717, 1.165) is 19.3 Å². The Kier molecular flexibility index (Phi) is 10.8. The maximum Gasteiger partial charge on any atom is 0.307 e. The third-order valence-corrected chi connectivity index (χ3v) is 5.55. The molecule has 1 fully saturated rings. The second kappa shape index (κ2) is 13.3. The van der Waals surface area contributed by atoms with Gasteiger partial charge in [-0.05, 0) is 51.8 Å². The number of amides is 1. The molecule has 1 N–H and O–H groups in total. The molecule has 0 bridgehead atoms. The van der Waals surface area contributed by atoms with Crippen molar-refractivity contribution in [3.8, 4) is 11.5 Å². The average molecular weight is 451 g/mol. The van der Waals surface area contributed by atoms with Gasteiger partial charge in [-0.15, -0.1) is 0 Å². The molecule has 0 spiro atoms. The summed E-state index contributed by atoms with van der Waals surface area (Å²) in [7, 11) is 3.24. The van der Waals surface area contributed by atoms with E-state index in [1.54, 1.807) is 32.4 Å². The number of methoxy groups -OCH3 is 2. The monoisotopic (exact) mass is 450 g/mol. The van der Waals surface area contributed by atoms with Crippen LogP contribution < -0.4 is 14.8 Å². The summed E-state index contributed by atoms with van der Waals surface area (Å²) < 4.78 is 21.4. The molecule has 1 unspecified atom stereocenters. The number of ether oxygens (including phenoxy) is 4. The second-order valence-electron chi connectivity index (χ2n) is 8.21. The highest BCUT2D eigenvalue weighted by Gasteiger charge is 2.32. The molecule has 2 rings (SSSR count). The van der Waals surface area contributed by atoms with E-state index < -0.39 is 0 Å². The molecule has 1 saturated heterocycles. The lowest BCUT2D eigenvalue weighted by atomic mass is 9.96. The minimum atomic E-state index is -0.184. The number of carbonyl (C=O) groups excluding carboxylic acids is 2. The van der Waals surface area contributed by atoms with Gasteiger partial charge in [0.05, 0.1) is 26.7 Å². The summed E-state index contributed by atoms with van der Waals surface area (Å²) >= 11 is 0. The summed E-state index contributed by atoms with van der Waals surface area (Å²) in [6, 6.07) is 5.47. The summed E-state index contributed by atoms with van der Waals surface area (Å²) in [6.07, 6.45) is 2.75. The first-order valence-corrected chi connectivity index (χ1v) is 11.4. The van der Waals surface area contributed by atoms with Crippen LogP contribution in [-0.2, 0) is 14.3 Å². The van der Waals surface area contributed by atoms with Crippen molar-refractivity contribution >= 4 is 11.9 Å². The van der Waals surface area contributed by atoms with Crippen molar-refractivity contribution < 1.29 is 28.5 Å². The predicted molar refractivity (Wildman–Crippen MR) is 122 cm³/mol. The van der Waals surface area contributed by atoms with Crippen molar-refractivity contribution in [2.24, 2.45) is 0 Å². The Balaban J connectivity index is 2.07. The number of carbonyl (C=O) groups is 2. The van der Waals surface area contributed by atoms with Crippen LogP contribution in [-0.4, -0.2) is 75.5 Å². The normalized spacial score (nSPS) is 18.3. The number of esters is 1. The van der Waals surface area contributed by atoms with Crippen LogP contribution in [0, 0.1) is 0 Å². The van der Waals surface area contributed by atoms with Crippen LogP contribution in [0.15, 0.2) is 18.2 Å². The van der Waals surface area contributed by atoms with Gasteiger partial charge in [0.25, 0.3) is 5.91 Å². The molecule has 0 radical (unpaired) electrons. The molecule has 1 amide bonds. The molecule has 1 heterocycles. The van der Waals surface area contributed by atoms with E-state index in [9.17, 15) is 9.59 Å². The molecular formula is C24H38N2O6. The van der Waals surface area contributed by atoms with Crippen LogP contribution >= 0.6 is 0 Å². The lowest BCUT2D eigenvalue weighted by Crippen LogP contribution is -2.54. The highest BCUT2D eigenvalue weighted by molar-refractivity contribution is 5.95. The SMILES string of the molecule is CCOC(=O)C[C@H]1CCC(N(C(=O)c2ccc(OC)c(OCCCOC)c2)C(C)C)CN1. The van der Waals surface area contributed by atoms with Crippen molar-refractivity contribution in [3.63, 3.8) is 0 Å². The molecule has 8 nitrogen and oxygen atoms in total. The van der Waals surface area contributed by atoms with Gasteiger partial charge >= 0.3 is 5.97 Å². The van der Waals surface area contributed by atoms with Gasteiger partial charge < -0.3 is 29.2 Å². The van der Waals surface area contributed by atoms with Crippen molar-refractivity contribution in [1.29, 1.82) is 0 Å². The molecule has 1 aromatic rings. The van der Waals surface area contributed by atoms with Crippen LogP contribution in [0.25, 0.3) is 0 Å². The third-order valence-electron chi connectivity index (χ3n) is 5.55. The minimum Gasteiger partial charge on any atom is -0.493 e. The molecule has 0 saturated carbocycles. The highest BCUT2D eigenvalue weighted by atomic mass is 16.5. The molecule has 1 aliphatic rings. The number of hydrogen-bond donors (Lipinski definition) is 1. The molecule has 0 aliphatic carbocycles. The number of benzene rings is 1. The van der Waals surface area contributed by atoms with Crippen molar-refractivity contribution in [2.75, 3.05) is 40.6 Å². The van der Waals surface area contributed by atoms with Gasteiger partial charge in [-0.1, -0.05) is 0 Å². The number of hydrogen-bond acceptors (Lipinski definition) is 7. The highest BCUT2D eigenvalue weighted by Crippen LogP contribution is 2.30. The Morgan fingerprint density at radius 3 is 2.53 bits per heavy atom. The van der Waals surface area contributed by atoms with E-state index in [1.165, 1.54) is 0 Å². The van der Waals surface area contributed by atoms with Gasteiger partial charge in [-0.25, -0.2) is 0 Å². The number of nitrogens with one attached hydrogen (secondary N) is 1. The second-order valence-corrected chi connectivity index (χ2v) is 8.21. The smallest absolute Gasteiger partial charge is 0.307 e. The molecule has 180 valence electrons. The lowest BCUT2D eigenvalue weighted by molar-refractivity contribution is -0.143. The van der Waals surface area contributed by atoms with Crippen LogP contribution in [0.3, 0.4) is 0 Å². The summed E-state index contributed by atoms with van der Waals surface area (Å²) in [5.74, 6) is 0.919. The lowest BCUT2D eigenvalue weighted by Gasteiger charge is -2.40. The fraction of sp³-hybridized carbons (Fsp3) is 0.667. The fourth-order valence-corrected chi connectivity index (χ4v) is 4.01. The van der Waals surface area contributed by atoms with Crippen molar-refractivity contribution in [3.05, 3.63) is 23.8 Å². The van der Waals surface area contributed by atoms with E-state index in [2.05, 4.69) is 5.32 Å². The van der Waals surface area contributed by atoms with E-state index in [0.29, 0.717) is 49.8 Å². The molecule has 0 aromatic heterocycles. The Morgan fingerprint density at radius 1 is 1.16 bits per heavy atom. The third kappa shape index (κ3) is 7.38. The van der Waals surface area contributed by atoms with Crippen LogP contribution in [0.5, 0.6) is 11.5 Å². The molecule has 1 aliphatic heterocycles. The Labute approximate surface area is 191 Å². The molecule has 8 heteroatoms. The van der Waals surface area contributed by atoms with Crippen LogP contribution in [0.4, 0.5) is 0 Å². The van der Waals surface area contributed by atoms with Crippen LogP contribution in [0.1, 0.15) is 56.8 Å². The van der Waals surface area contributed by atoms with Gasteiger partial charge in [-0.3, -0.25) is 9.59 Å². The van der Waals surface area contributed by atoms with E-state index in [-0.39, 0.29) is 30.0 Å². The molecule has 2 atom stereocenters. The van der Waals surface area contributed by atoms with E-state index in [1.807, 2.05) is 25.7 Å². The standard InChI is InChI=1S/C24H38N2O6/c1-6-31-23(27)15-19-9-10-20(16-25-19)26(17(2)3)24(28)18-8-11-21(30-5)22(14-18)32-13-7-12-29-4/h8,11,14,17,19-20,25H,6-7,9-10,12-13,15-16H2,1-5H3/t19-,20?/m1/s1. The summed E-state index contributed by atoms with van der Waals surface area (Å²) in [5, 5.41) is 3.42. The van der Waals surface area contributed by atoms with Crippen molar-refractivity contribution in [2.45, 2.75) is 64.6 Å². The van der Waals surface area contributed by atoms with Gasteiger partial charge in [0.15, 0.2) is 11.5 Å². The quantitative estimate of drug-likeness (QED) is 0.387. The largest absolute Gasteiger partial charge is 0.493 e. The Bertz CT molecular complexity index is 731. The van der Waals surface area contributed by atoms with E-state index in [4.69, 9.17) is 18.9 Å². The number of rotatable bonds is 12. The summed E-state index contributed by atoms with van der Waals surface area (Å²) in [5.41, 5.74) is 0.565. The zero-order valence-corrected chi connectivity index (χ0v) is 20.0. The fourth-order valence-electron chi connectivity index (χ4n) is 4.01. The average Bonchev–Trinajstić information content (AvgIpc) is 2.77. The van der Waals surface area contributed by atoms with Gasteiger partial charge in [0.2, 0.25) is 0 Å². The zero-order chi connectivity index (χ0) is 23.5. The summed E-state index contributed by atoms with van der Waals surface area (Å²) in [4.78, 5) is 27.2. The first-order chi connectivity index (χ1) is 15.4. The van der Waals surface area contributed by atoms with Crippen LogP contribution in [0.2, 0.25) is 0 Å². The predicted octanol–water partition coefficient (Wildman–Crippen LogP) is 3.03. The van der Waals surface area contributed by atoms with Crippen molar-refractivity contribution in [1.82, 2.24) is 10.2 Å². The van der Waals surface area contributed by atoms with Gasteiger partial charge in [0.1, 0.15) is 0 Å². The maximum atomic E-state index is 13.5.